The van der Waals surface area contributed by atoms with E-state index in [4.69, 9.17) is 23.4 Å². The number of halogens is 2. The fraction of sp³-hybridized carbons (Fsp3) is 0.600. The smallest absolute Gasteiger partial charge is 0.0411 e. The maximum absolute atomic E-state index is 6.14. The molecule has 1 nitrogen and oxygen atoms in total. The maximum Gasteiger partial charge on any atom is 0.0411 e. The average Bonchev–Trinajstić information content (AvgIpc) is 2.41. The fourth-order valence-corrected chi connectivity index (χ4v) is 2.76. The van der Waals surface area contributed by atoms with Crippen LogP contribution in [0.3, 0.4) is 0 Å². The highest BCUT2D eigenvalue weighted by Gasteiger charge is 2.19. The van der Waals surface area contributed by atoms with E-state index in [-0.39, 0.29) is 0 Å². The van der Waals surface area contributed by atoms with Gasteiger partial charge in [-0.05, 0) is 60.2 Å². The summed E-state index contributed by atoms with van der Waals surface area (Å²) in [5, 5.41) is 0.864. The normalized spacial score (nSPS) is 17.2. The van der Waals surface area contributed by atoms with Gasteiger partial charge in [-0.15, -0.1) is 0 Å². The molecule has 1 heterocycles. The molecule has 0 aliphatic carbocycles. The van der Waals surface area contributed by atoms with Crippen molar-refractivity contribution in [3.63, 3.8) is 0 Å². The van der Waals surface area contributed by atoms with Gasteiger partial charge in [0.2, 0.25) is 0 Å². The lowest BCUT2D eigenvalue weighted by Crippen LogP contribution is -2.25. The summed E-state index contributed by atoms with van der Waals surface area (Å²) in [4.78, 5) is 0. The molecule has 3 heteroatoms. The Morgan fingerprint density at radius 2 is 1.78 bits per heavy atom. The van der Waals surface area contributed by atoms with Crippen LogP contribution in [-0.2, 0) is 6.42 Å². The summed E-state index contributed by atoms with van der Waals surface area (Å²) in [6, 6.07) is 6.46. The van der Waals surface area contributed by atoms with Gasteiger partial charge in [0, 0.05) is 18.1 Å². The zero-order valence-corrected chi connectivity index (χ0v) is 13.1. The van der Waals surface area contributed by atoms with E-state index in [0.717, 1.165) is 37.4 Å². The predicted octanol–water partition coefficient (Wildman–Crippen LogP) is 5.26. The van der Waals surface area contributed by atoms with E-state index in [1.807, 2.05) is 18.3 Å². The van der Waals surface area contributed by atoms with E-state index in [2.05, 4.69) is 25.1 Å². The summed E-state index contributed by atoms with van der Waals surface area (Å²) < 4.78 is 1.88. The lowest BCUT2D eigenvalue weighted by atomic mass is 9.89. The molecule has 0 bridgehead atoms. The molecular weight excluding hydrogens is 265 g/mol. The van der Waals surface area contributed by atoms with Crippen LogP contribution in [0.15, 0.2) is 18.2 Å². The molecule has 18 heavy (non-hydrogen) atoms. The molecule has 1 fully saturated rings. The molecule has 0 amide bonds. The highest BCUT2D eigenvalue weighted by atomic mass is 35.5. The highest BCUT2D eigenvalue weighted by Crippen LogP contribution is 2.31. The molecule has 0 unspecified atom stereocenters. The first-order chi connectivity index (χ1) is 8.69. The molecule has 0 radical (unpaired) electrons. The molecule has 1 saturated heterocycles. The van der Waals surface area contributed by atoms with Gasteiger partial charge < -0.3 is 0 Å². The van der Waals surface area contributed by atoms with Crippen LogP contribution >= 0.6 is 23.4 Å². The quantitative estimate of drug-likeness (QED) is 0.671. The van der Waals surface area contributed by atoms with Crippen LogP contribution < -0.4 is 0 Å². The minimum Gasteiger partial charge on any atom is -0.220 e. The molecule has 2 rings (SSSR count). The summed E-state index contributed by atoms with van der Waals surface area (Å²) in [5.41, 5.74) is 2.71. The van der Waals surface area contributed by atoms with Gasteiger partial charge in [0.15, 0.2) is 0 Å². The lowest BCUT2D eigenvalue weighted by molar-refractivity contribution is 0.336. The second kappa shape index (κ2) is 8.04. The first kappa shape index (κ1) is 15.8. The Balaban J connectivity index is 0.000000771. The Labute approximate surface area is 121 Å². The van der Waals surface area contributed by atoms with Crippen molar-refractivity contribution >= 4 is 23.4 Å². The molecule has 1 aromatic rings. The Morgan fingerprint density at radius 3 is 2.33 bits per heavy atom. The molecule has 0 atom stereocenters. The van der Waals surface area contributed by atoms with Crippen LogP contribution in [0.2, 0.25) is 5.02 Å². The summed E-state index contributed by atoms with van der Waals surface area (Å²) in [6.07, 6.45) is 3.31. The van der Waals surface area contributed by atoms with Crippen LogP contribution in [-0.4, -0.2) is 17.5 Å². The summed E-state index contributed by atoms with van der Waals surface area (Å²) in [5.74, 6) is 0.624. The monoisotopic (exact) mass is 287 g/mol. The van der Waals surface area contributed by atoms with Crippen molar-refractivity contribution in [2.75, 3.05) is 13.1 Å². The first-order valence-electron chi connectivity index (χ1n) is 6.89. The molecule has 102 valence electrons. The number of hydrogen-bond acceptors (Lipinski definition) is 1. The number of rotatable bonds is 2. The molecule has 0 aromatic heterocycles. The standard InChI is InChI=1S/C13H17Cl2N.C2H6/c1-2-10-7-12(9-13(14)8-10)11-3-5-16(15)6-4-11;1-2/h7-9,11H,2-6H2,1H3;1-2H3. The summed E-state index contributed by atoms with van der Waals surface area (Å²) in [7, 11) is 0. The third-order valence-electron chi connectivity index (χ3n) is 3.30. The fourth-order valence-electron chi connectivity index (χ4n) is 2.30. The third kappa shape index (κ3) is 4.46. The van der Waals surface area contributed by atoms with Crippen LogP contribution in [0.25, 0.3) is 0 Å². The molecule has 0 spiro atoms. The van der Waals surface area contributed by atoms with Crippen molar-refractivity contribution in [1.82, 2.24) is 4.42 Å². The van der Waals surface area contributed by atoms with Crippen LogP contribution in [0.1, 0.15) is 50.7 Å². The molecular formula is C15H23Cl2N. The van der Waals surface area contributed by atoms with E-state index in [1.54, 1.807) is 0 Å². The second-order valence-corrected chi connectivity index (χ2v) is 5.35. The topological polar surface area (TPSA) is 3.24 Å². The summed E-state index contributed by atoms with van der Waals surface area (Å²) >= 11 is 12.1. The van der Waals surface area contributed by atoms with Gasteiger partial charge in [0.1, 0.15) is 0 Å². The minimum atomic E-state index is 0.624. The number of nitrogens with zero attached hydrogens (tertiary/aromatic N) is 1. The Bertz CT molecular complexity index is 358. The second-order valence-electron chi connectivity index (χ2n) is 4.43. The Hall–Kier alpha value is -0.240. The van der Waals surface area contributed by atoms with Gasteiger partial charge in [-0.2, -0.15) is 0 Å². The Morgan fingerprint density at radius 1 is 1.17 bits per heavy atom. The highest BCUT2D eigenvalue weighted by molar-refractivity contribution is 6.30. The third-order valence-corrected chi connectivity index (χ3v) is 3.86. The largest absolute Gasteiger partial charge is 0.220 e. The number of hydrogen-bond donors (Lipinski definition) is 0. The average molecular weight is 288 g/mol. The van der Waals surface area contributed by atoms with Gasteiger partial charge in [-0.3, -0.25) is 0 Å². The zero-order chi connectivity index (χ0) is 13.5. The summed E-state index contributed by atoms with van der Waals surface area (Å²) in [6.45, 7) is 8.11. The predicted molar refractivity (Wildman–Crippen MR) is 81.6 cm³/mol. The van der Waals surface area contributed by atoms with Crippen molar-refractivity contribution < 1.29 is 0 Å². The molecule has 1 aliphatic heterocycles. The maximum atomic E-state index is 6.14. The van der Waals surface area contributed by atoms with Gasteiger partial charge >= 0.3 is 0 Å². The van der Waals surface area contributed by atoms with Crippen LogP contribution in [0.4, 0.5) is 0 Å². The van der Waals surface area contributed by atoms with Gasteiger partial charge in [-0.25, -0.2) is 4.42 Å². The minimum absolute atomic E-state index is 0.624. The van der Waals surface area contributed by atoms with E-state index in [9.17, 15) is 0 Å². The SMILES string of the molecule is CC.CCc1cc(Cl)cc(C2CCN(Cl)CC2)c1. The van der Waals surface area contributed by atoms with Crippen molar-refractivity contribution in [1.29, 1.82) is 0 Å². The van der Waals surface area contributed by atoms with E-state index < -0.39 is 0 Å². The van der Waals surface area contributed by atoms with E-state index in [1.165, 1.54) is 11.1 Å². The van der Waals surface area contributed by atoms with E-state index in [0.29, 0.717) is 5.92 Å². The van der Waals surface area contributed by atoms with Crippen molar-refractivity contribution in [2.24, 2.45) is 0 Å². The molecule has 1 aliphatic rings. The molecule has 0 saturated carbocycles. The van der Waals surface area contributed by atoms with Crippen molar-refractivity contribution in [2.45, 2.75) is 46.0 Å². The number of piperidine rings is 1. The van der Waals surface area contributed by atoms with Gasteiger partial charge in [0.05, 0.1) is 0 Å². The van der Waals surface area contributed by atoms with Crippen LogP contribution in [0.5, 0.6) is 0 Å². The van der Waals surface area contributed by atoms with Crippen molar-refractivity contribution in [3.05, 3.63) is 34.3 Å². The van der Waals surface area contributed by atoms with Crippen molar-refractivity contribution in [3.8, 4) is 0 Å². The van der Waals surface area contributed by atoms with Gasteiger partial charge in [0.25, 0.3) is 0 Å². The molecule has 1 aromatic carbocycles. The van der Waals surface area contributed by atoms with Gasteiger partial charge in [-0.1, -0.05) is 38.4 Å². The van der Waals surface area contributed by atoms with E-state index >= 15 is 0 Å². The number of aryl methyl sites for hydroxylation is 1. The lowest BCUT2D eigenvalue weighted by Gasteiger charge is -2.27. The zero-order valence-electron chi connectivity index (χ0n) is 11.5. The van der Waals surface area contributed by atoms with Crippen LogP contribution in [0, 0.1) is 0 Å². The number of benzene rings is 1. The molecule has 0 N–H and O–H groups in total. The first-order valence-corrected chi connectivity index (χ1v) is 7.60. The Kier molecular flexibility index (Phi) is 7.06.